The van der Waals surface area contributed by atoms with Crippen LogP contribution in [0.5, 0.6) is 0 Å². The summed E-state index contributed by atoms with van der Waals surface area (Å²) in [5.41, 5.74) is 1.30. The van der Waals surface area contributed by atoms with Crippen LogP contribution in [-0.4, -0.2) is 58.8 Å². The van der Waals surface area contributed by atoms with E-state index in [9.17, 15) is 4.79 Å². The molecule has 1 fully saturated rings. The standard InChI is InChI=1S/C17H25N3OS2/c1-14(2)18-16(21)12-19-8-10-20(11-9-19)17(22)23-13-15-6-4-3-5-7-15/h3-7,14H,8-13H2,1-2H3,(H,18,21). The highest BCUT2D eigenvalue weighted by atomic mass is 32.2. The van der Waals surface area contributed by atoms with Crippen LogP contribution in [0.2, 0.25) is 0 Å². The van der Waals surface area contributed by atoms with E-state index in [1.165, 1.54) is 5.56 Å². The number of piperazine rings is 1. The van der Waals surface area contributed by atoms with Gasteiger partial charge in [-0.25, -0.2) is 0 Å². The van der Waals surface area contributed by atoms with Crippen molar-refractivity contribution in [3.05, 3.63) is 35.9 Å². The van der Waals surface area contributed by atoms with Crippen LogP contribution in [0.1, 0.15) is 19.4 Å². The lowest BCUT2D eigenvalue weighted by molar-refractivity contribution is -0.123. The predicted octanol–water partition coefficient (Wildman–Crippen LogP) is 2.35. The van der Waals surface area contributed by atoms with E-state index in [1.807, 2.05) is 19.9 Å². The second-order valence-electron chi connectivity index (χ2n) is 6.03. The van der Waals surface area contributed by atoms with Gasteiger partial charge in [-0.15, -0.1) is 0 Å². The molecule has 23 heavy (non-hydrogen) atoms. The van der Waals surface area contributed by atoms with Crippen molar-refractivity contribution in [2.45, 2.75) is 25.6 Å². The van der Waals surface area contributed by atoms with Gasteiger partial charge in [-0.05, 0) is 19.4 Å². The fourth-order valence-electron chi connectivity index (χ4n) is 2.47. The molecule has 0 unspecified atom stereocenters. The second-order valence-corrected chi connectivity index (χ2v) is 7.63. The molecule has 0 radical (unpaired) electrons. The quantitative estimate of drug-likeness (QED) is 0.824. The molecular formula is C17H25N3OS2. The SMILES string of the molecule is CC(C)NC(=O)CN1CCN(C(=S)SCc2ccccc2)CC1. The van der Waals surface area contributed by atoms with E-state index in [2.05, 4.69) is 39.4 Å². The summed E-state index contributed by atoms with van der Waals surface area (Å²) in [5, 5.41) is 2.94. The van der Waals surface area contributed by atoms with Crippen LogP contribution in [-0.2, 0) is 10.5 Å². The molecule has 0 aromatic heterocycles. The molecule has 1 aromatic carbocycles. The molecule has 0 atom stereocenters. The zero-order chi connectivity index (χ0) is 16.7. The predicted molar refractivity (Wildman–Crippen MR) is 102 cm³/mol. The molecule has 1 aliphatic heterocycles. The second kappa shape index (κ2) is 9.25. The molecule has 1 saturated heterocycles. The molecule has 1 N–H and O–H groups in total. The number of amides is 1. The monoisotopic (exact) mass is 351 g/mol. The van der Waals surface area contributed by atoms with E-state index in [0.29, 0.717) is 6.54 Å². The molecule has 0 aliphatic carbocycles. The number of carbonyl (C=O) groups excluding carboxylic acids is 1. The molecule has 6 heteroatoms. The van der Waals surface area contributed by atoms with E-state index < -0.39 is 0 Å². The van der Waals surface area contributed by atoms with Gasteiger partial charge in [-0.2, -0.15) is 0 Å². The van der Waals surface area contributed by atoms with Gasteiger partial charge in [0.1, 0.15) is 4.32 Å². The van der Waals surface area contributed by atoms with Crippen molar-refractivity contribution in [3.8, 4) is 0 Å². The number of thioether (sulfide) groups is 1. The maximum Gasteiger partial charge on any atom is 0.234 e. The smallest absolute Gasteiger partial charge is 0.234 e. The summed E-state index contributed by atoms with van der Waals surface area (Å²) in [6, 6.07) is 10.6. The highest BCUT2D eigenvalue weighted by molar-refractivity contribution is 8.22. The molecular weight excluding hydrogens is 326 g/mol. The van der Waals surface area contributed by atoms with Crippen molar-refractivity contribution in [1.82, 2.24) is 15.1 Å². The van der Waals surface area contributed by atoms with Crippen molar-refractivity contribution >= 4 is 34.2 Å². The minimum absolute atomic E-state index is 0.106. The molecule has 4 nitrogen and oxygen atoms in total. The van der Waals surface area contributed by atoms with Crippen LogP contribution in [0.3, 0.4) is 0 Å². The lowest BCUT2D eigenvalue weighted by Crippen LogP contribution is -2.50. The first-order chi connectivity index (χ1) is 11.0. The Bertz CT molecular complexity index is 514. The first kappa shape index (κ1) is 18.2. The van der Waals surface area contributed by atoms with Crippen LogP contribution in [0, 0.1) is 0 Å². The highest BCUT2D eigenvalue weighted by Crippen LogP contribution is 2.17. The van der Waals surface area contributed by atoms with Crippen LogP contribution in [0.25, 0.3) is 0 Å². The van der Waals surface area contributed by atoms with E-state index >= 15 is 0 Å². The van der Waals surface area contributed by atoms with Crippen molar-refractivity contribution < 1.29 is 4.79 Å². The van der Waals surface area contributed by atoms with Gasteiger partial charge < -0.3 is 10.2 Å². The fourth-order valence-corrected chi connectivity index (χ4v) is 3.68. The van der Waals surface area contributed by atoms with Crippen LogP contribution < -0.4 is 5.32 Å². The number of benzene rings is 1. The van der Waals surface area contributed by atoms with Crippen molar-refractivity contribution in [1.29, 1.82) is 0 Å². The minimum Gasteiger partial charge on any atom is -0.355 e. The van der Waals surface area contributed by atoms with Crippen molar-refractivity contribution in [2.24, 2.45) is 0 Å². The molecule has 2 rings (SSSR count). The van der Waals surface area contributed by atoms with Gasteiger partial charge in [-0.1, -0.05) is 54.3 Å². The number of nitrogens with one attached hydrogen (secondary N) is 1. The van der Waals surface area contributed by atoms with Crippen LogP contribution in [0.15, 0.2) is 30.3 Å². The van der Waals surface area contributed by atoms with E-state index in [4.69, 9.17) is 12.2 Å². The Morgan fingerprint density at radius 3 is 2.48 bits per heavy atom. The molecule has 1 aliphatic rings. The third-order valence-corrected chi connectivity index (χ3v) is 5.25. The van der Waals surface area contributed by atoms with Gasteiger partial charge >= 0.3 is 0 Å². The summed E-state index contributed by atoms with van der Waals surface area (Å²) >= 11 is 7.27. The number of carbonyl (C=O) groups is 1. The average Bonchev–Trinajstić information content (AvgIpc) is 2.53. The van der Waals surface area contributed by atoms with Crippen LogP contribution in [0.4, 0.5) is 0 Å². The Hall–Kier alpha value is -1.11. The summed E-state index contributed by atoms with van der Waals surface area (Å²) in [5.74, 6) is 1.02. The summed E-state index contributed by atoms with van der Waals surface area (Å²) < 4.78 is 0.958. The summed E-state index contributed by atoms with van der Waals surface area (Å²) in [4.78, 5) is 16.2. The number of thiocarbonyl (C=S) groups is 1. The van der Waals surface area contributed by atoms with Gasteiger partial charge in [0.05, 0.1) is 6.54 Å². The van der Waals surface area contributed by atoms with E-state index in [1.54, 1.807) is 11.8 Å². The van der Waals surface area contributed by atoms with Crippen molar-refractivity contribution in [3.63, 3.8) is 0 Å². The normalized spacial score (nSPS) is 15.7. The zero-order valence-corrected chi connectivity index (χ0v) is 15.5. The van der Waals surface area contributed by atoms with E-state index in [0.717, 1.165) is 36.3 Å². The summed E-state index contributed by atoms with van der Waals surface area (Å²) in [7, 11) is 0. The highest BCUT2D eigenvalue weighted by Gasteiger charge is 2.20. The Labute approximate surface area is 148 Å². The Morgan fingerprint density at radius 1 is 1.22 bits per heavy atom. The molecule has 0 spiro atoms. The third-order valence-electron chi connectivity index (χ3n) is 3.65. The van der Waals surface area contributed by atoms with Gasteiger partial charge in [0.15, 0.2) is 0 Å². The van der Waals surface area contributed by atoms with Gasteiger partial charge in [0, 0.05) is 38.0 Å². The minimum atomic E-state index is 0.106. The van der Waals surface area contributed by atoms with E-state index in [-0.39, 0.29) is 11.9 Å². The molecule has 126 valence electrons. The first-order valence-electron chi connectivity index (χ1n) is 8.02. The van der Waals surface area contributed by atoms with Crippen molar-refractivity contribution in [2.75, 3.05) is 32.7 Å². The number of hydrogen-bond acceptors (Lipinski definition) is 4. The maximum atomic E-state index is 11.8. The Kier molecular flexibility index (Phi) is 7.33. The molecule has 1 amide bonds. The molecule has 0 bridgehead atoms. The molecule has 0 saturated carbocycles. The van der Waals surface area contributed by atoms with Gasteiger partial charge in [0.2, 0.25) is 5.91 Å². The number of hydrogen-bond donors (Lipinski definition) is 1. The largest absolute Gasteiger partial charge is 0.355 e. The Balaban J connectivity index is 1.69. The number of nitrogens with zero attached hydrogens (tertiary/aromatic N) is 2. The third kappa shape index (κ3) is 6.49. The fraction of sp³-hybridized carbons (Fsp3) is 0.529. The summed E-state index contributed by atoms with van der Waals surface area (Å²) in [6.45, 7) is 8.02. The number of rotatable bonds is 5. The maximum absolute atomic E-state index is 11.8. The topological polar surface area (TPSA) is 35.6 Å². The van der Waals surface area contributed by atoms with Crippen LogP contribution >= 0.6 is 24.0 Å². The lowest BCUT2D eigenvalue weighted by Gasteiger charge is -2.35. The summed E-state index contributed by atoms with van der Waals surface area (Å²) in [6.07, 6.45) is 0. The zero-order valence-electron chi connectivity index (χ0n) is 13.8. The molecule has 1 aromatic rings. The first-order valence-corrected chi connectivity index (χ1v) is 9.41. The molecule has 1 heterocycles. The Morgan fingerprint density at radius 2 is 1.87 bits per heavy atom. The average molecular weight is 352 g/mol. The lowest BCUT2D eigenvalue weighted by atomic mass is 10.2. The van der Waals surface area contributed by atoms with Gasteiger partial charge in [0.25, 0.3) is 0 Å². The van der Waals surface area contributed by atoms with Gasteiger partial charge in [-0.3, -0.25) is 9.69 Å².